The number of sulfonamides is 1. The number of rotatable bonds is 6. The first-order valence-corrected chi connectivity index (χ1v) is 9.41. The van der Waals surface area contributed by atoms with E-state index in [0.29, 0.717) is 18.6 Å². The molecule has 2 aromatic rings. The van der Waals surface area contributed by atoms with Crippen LogP contribution in [-0.2, 0) is 16.4 Å². The summed E-state index contributed by atoms with van der Waals surface area (Å²) >= 11 is 0. The van der Waals surface area contributed by atoms with Gasteiger partial charge in [-0.15, -0.1) is 13.2 Å². The van der Waals surface area contributed by atoms with Gasteiger partial charge in [0.05, 0.1) is 17.6 Å². The van der Waals surface area contributed by atoms with Crippen molar-refractivity contribution in [2.75, 3.05) is 13.2 Å². The fraction of sp³-hybridized carbons (Fsp3) is 0.294. The highest BCUT2D eigenvalue weighted by molar-refractivity contribution is 7.89. The van der Waals surface area contributed by atoms with Crippen LogP contribution in [0.5, 0.6) is 11.5 Å². The minimum Gasteiger partial charge on any atom is -0.493 e. The van der Waals surface area contributed by atoms with Crippen LogP contribution in [0.4, 0.5) is 13.2 Å². The molecule has 6 nitrogen and oxygen atoms in total. The number of ether oxygens (including phenoxy) is 2. The summed E-state index contributed by atoms with van der Waals surface area (Å²) in [7, 11) is -4.01. The van der Waals surface area contributed by atoms with Crippen LogP contribution >= 0.6 is 0 Å². The van der Waals surface area contributed by atoms with Crippen molar-refractivity contribution in [1.82, 2.24) is 4.72 Å². The molecule has 0 amide bonds. The number of fused-ring (bicyclic) bond motifs is 1. The van der Waals surface area contributed by atoms with E-state index in [0.717, 1.165) is 35.6 Å². The summed E-state index contributed by atoms with van der Waals surface area (Å²) in [4.78, 5) is -0.244. The van der Waals surface area contributed by atoms with Crippen LogP contribution in [0, 0.1) is 0 Å². The van der Waals surface area contributed by atoms with Gasteiger partial charge in [-0.05, 0) is 47.5 Å². The summed E-state index contributed by atoms with van der Waals surface area (Å²) in [5.41, 5.74) is 1.48. The number of halogens is 3. The topological polar surface area (TPSA) is 84.9 Å². The smallest absolute Gasteiger partial charge is 0.493 e. The third-order valence-corrected chi connectivity index (χ3v) is 5.37. The molecule has 0 fully saturated rings. The lowest BCUT2D eigenvalue weighted by Crippen LogP contribution is -2.28. The maximum absolute atomic E-state index is 12.2. The Labute approximate surface area is 153 Å². The lowest BCUT2D eigenvalue weighted by Gasteiger charge is -2.14. The third kappa shape index (κ3) is 4.90. The molecule has 0 saturated carbocycles. The zero-order valence-electron chi connectivity index (χ0n) is 13.9. The highest BCUT2D eigenvalue weighted by Gasteiger charge is 2.31. The van der Waals surface area contributed by atoms with E-state index in [2.05, 4.69) is 9.46 Å². The van der Waals surface area contributed by atoms with Gasteiger partial charge in [-0.3, -0.25) is 0 Å². The molecule has 0 aromatic heterocycles. The van der Waals surface area contributed by atoms with E-state index in [4.69, 9.17) is 4.74 Å². The quantitative estimate of drug-likeness (QED) is 0.774. The Balaban J connectivity index is 1.64. The Morgan fingerprint density at radius 2 is 1.89 bits per heavy atom. The number of hydrogen-bond acceptors (Lipinski definition) is 5. The number of nitrogens with one attached hydrogen (secondary N) is 1. The van der Waals surface area contributed by atoms with Gasteiger partial charge in [-0.25, -0.2) is 13.1 Å². The molecule has 0 radical (unpaired) electrons. The summed E-state index contributed by atoms with van der Waals surface area (Å²) in [6.45, 7) is 0.276. The number of benzene rings is 2. The molecule has 0 spiro atoms. The predicted octanol–water partition coefficient (Wildman–Crippen LogP) is 2.53. The summed E-state index contributed by atoms with van der Waals surface area (Å²) in [5, 5.41) is 10.2. The monoisotopic (exact) mass is 403 g/mol. The summed E-state index contributed by atoms with van der Waals surface area (Å²) < 4.78 is 72.2. The lowest BCUT2D eigenvalue weighted by molar-refractivity contribution is -0.274. The molecular weight excluding hydrogens is 387 g/mol. The average molecular weight is 403 g/mol. The molecule has 1 heterocycles. The van der Waals surface area contributed by atoms with Gasteiger partial charge in [0.2, 0.25) is 10.0 Å². The maximum Gasteiger partial charge on any atom is 0.573 e. The van der Waals surface area contributed by atoms with Crippen molar-refractivity contribution in [1.29, 1.82) is 0 Å². The molecule has 0 saturated heterocycles. The first-order valence-electron chi connectivity index (χ1n) is 7.93. The predicted molar refractivity (Wildman–Crippen MR) is 88.9 cm³/mol. The molecule has 1 aliphatic rings. The highest BCUT2D eigenvalue weighted by atomic mass is 32.2. The van der Waals surface area contributed by atoms with Gasteiger partial charge >= 0.3 is 6.36 Å². The van der Waals surface area contributed by atoms with E-state index >= 15 is 0 Å². The molecule has 0 aliphatic carbocycles. The van der Waals surface area contributed by atoms with E-state index in [1.165, 1.54) is 0 Å². The number of aliphatic hydroxyl groups is 1. The number of alkyl halides is 3. The van der Waals surface area contributed by atoms with Crippen LogP contribution in [0.15, 0.2) is 47.4 Å². The Bertz CT molecular complexity index is 913. The number of aliphatic hydroxyl groups excluding tert-OH is 1. The molecule has 1 unspecified atom stereocenters. The first-order chi connectivity index (χ1) is 12.6. The molecule has 0 bridgehead atoms. The number of hydrogen-bond donors (Lipinski definition) is 2. The van der Waals surface area contributed by atoms with Crippen LogP contribution in [0.3, 0.4) is 0 Å². The molecular formula is C17H16F3NO5S. The van der Waals surface area contributed by atoms with E-state index in [1.54, 1.807) is 18.2 Å². The Morgan fingerprint density at radius 3 is 2.56 bits per heavy atom. The Hall–Kier alpha value is -2.30. The fourth-order valence-corrected chi connectivity index (χ4v) is 3.66. The van der Waals surface area contributed by atoms with Crippen LogP contribution in [0.1, 0.15) is 17.2 Å². The van der Waals surface area contributed by atoms with E-state index in [9.17, 15) is 26.7 Å². The van der Waals surface area contributed by atoms with Crippen molar-refractivity contribution < 1.29 is 36.2 Å². The molecule has 146 valence electrons. The van der Waals surface area contributed by atoms with Gasteiger partial charge in [0.15, 0.2) is 0 Å². The van der Waals surface area contributed by atoms with Crippen molar-refractivity contribution in [3.63, 3.8) is 0 Å². The van der Waals surface area contributed by atoms with Gasteiger partial charge in [-0.1, -0.05) is 6.07 Å². The lowest BCUT2D eigenvalue weighted by atomic mass is 10.0. The zero-order chi connectivity index (χ0) is 19.7. The Morgan fingerprint density at radius 1 is 1.19 bits per heavy atom. The van der Waals surface area contributed by atoms with Gasteiger partial charge in [0.1, 0.15) is 11.5 Å². The maximum atomic E-state index is 12.2. The second-order valence-electron chi connectivity index (χ2n) is 5.85. The molecule has 1 aliphatic heterocycles. The minimum atomic E-state index is -4.86. The first kappa shape index (κ1) is 19.5. The largest absolute Gasteiger partial charge is 0.573 e. The van der Waals surface area contributed by atoms with Crippen molar-refractivity contribution in [2.45, 2.75) is 23.8 Å². The molecule has 2 aromatic carbocycles. The molecule has 2 N–H and O–H groups in total. The normalized spacial score (nSPS) is 15.1. The van der Waals surface area contributed by atoms with Gasteiger partial charge in [0.25, 0.3) is 0 Å². The van der Waals surface area contributed by atoms with Crippen molar-refractivity contribution in [2.24, 2.45) is 0 Å². The van der Waals surface area contributed by atoms with Gasteiger partial charge in [-0.2, -0.15) is 0 Å². The Kier molecular flexibility index (Phi) is 5.31. The van der Waals surface area contributed by atoms with Crippen LogP contribution in [-0.4, -0.2) is 33.0 Å². The van der Waals surface area contributed by atoms with Crippen LogP contribution < -0.4 is 14.2 Å². The van der Waals surface area contributed by atoms with Gasteiger partial charge < -0.3 is 14.6 Å². The molecule has 27 heavy (non-hydrogen) atoms. The standard InChI is InChI=1S/C17H16F3NO5S/c18-17(19,20)26-13-2-4-14(5-3-13)27(23,24)21-10-15(22)11-1-6-16-12(9-11)7-8-25-16/h1-6,9,15,21-22H,7-8,10H2. The summed E-state index contributed by atoms with van der Waals surface area (Å²) in [5.74, 6) is 0.217. The molecule has 10 heteroatoms. The van der Waals surface area contributed by atoms with E-state index in [1.807, 2.05) is 0 Å². The fourth-order valence-electron chi connectivity index (χ4n) is 2.62. The molecule has 1 atom stereocenters. The van der Waals surface area contributed by atoms with Crippen LogP contribution in [0.2, 0.25) is 0 Å². The van der Waals surface area contributed by atoms with E-state index < -0.39 is 28.2 Å². The SMILES string of the molecule is O=S(=O)(NCC(O)c1ccc2c(c1)CCO2)c1ccc(OC(F)(F)F)cc1. The summed E-state index contributed by atoms with van der Waals surface area (Å²) in [6, 6.07) is 8.90. The van der Waals surface area contributed by atoms with Crippen molar-refractivity contribution in [3.05, 3.63) is 53.6 Å². The highest BCUT2D eigenvalue weighted by Crippen LogP contribution is 2.28. The zero-order valence-corrected chi connectivity index (χ0v) is 14.7. The second-order valence-corrected chi connectivity index (χ2v) is 7.62. The average Bonchev–Trinajstić information content (AvgIpc) is 3.06. The minimum absolute atomic E-state index is 0.244. The van der Waals surface area contributed by atoms with Crippen molar-refractivity contribution >= 4 is 10.0 Å². The third-order valence-electron chi connectivity index (χ3n) is 3.93. The molecule has 3 rings (SSSR count). The summed E-state index contributed by atoms with van der Waals surface area (Å²) in [6.07, 6.45) is -5.23. The van der Waals surface area contributed by atoms with Crippen molar-refractivity contribution in [3.8, 4) is 11.5 Å². The van der Waals surface area contributed by atoms with E-state index in [-0.39, 0.29) is 11.4 Å². The second kappa shape index (κ2) is 7.37. The van der Waals surface area contributed by atoms with Crippen LogP contribution in [0.25, 0.3) is 0 Å². The van der Waals surface area contributed by atoms with Gasteiger partial charge in [0, 0.05) is 13.0 Å².